The highest BCUT2D eigenvalue weighted by Gasteiger charge is 1.80. The molecule has 1 heteroatoms. The van der Waals surface area contributed by atoms with Crippen molar-refractivity contribution in [3.8, 4) is 0 Å². The molecule has 1 unspecified atom stereocenters. The summed E-state index contributed by atoms with van der Waals surface area (Å²) in [6.07, 6.45) is 5.23. The molecule has 0 amide bonds. The van der Waals surface area contributed by atoms with Crippen LogP contribution >= 0.6 is 12.6 Å². The number of allylic oxidation sites excluding steroid dienone is 1. The molecular formula is C6H11S. The second-order valence-corrected chi connectivity index (χ2v) is 2.29. The van der Waals surface area contributed by atoms with E-state index >= 15 is 0 Å². The van der Waals surface area contributed by atoms with Crippen molar-refractivity contribution in [2.45, 2.75) is 25.5 Å². The minimum atomic E-state index is 0.306. The summed E-state index contributed by atoms with van der Waals surface area (Å²) in [5.41, 5.74) is 0. The average Bonchev–Trinajstić information content (AvgIpc) is 1.61. The number of hydrogen-bond acceptors (Lipinski definition) is 0. The largest absolute Gasteiger partial charge is 0.0877 e. The predicted molar refractivity (Wildman–Crippen MR) is 36.5 cm³/mol. The molecule has 0 aromatic heterocycles. The molecule has 0 aliphatic heterocycles. The summed E-state index contributed by atoms with van der Waals surface area (Å²) in [6.45, 7) is 4.11. The topological polar surface area (TPSA) is 0 Å². The lowest BCUT2D eigenvalue weighted by molar-refractivity contribution is 1.17. The van der Waals surface area contributed by atoms with Gasteiger partial charge in [-0.2, -0.15) is 0 Å². The molecule has 0 nitrogen and oxygen atoms in total. The van der Waals surface area contributed by atoms with E-state index in [1.54, 1.807) is 0 Å². The van der Waals surface area contributed by atoms with Crippen LogP contribution in [-0.4, -0.2) is 5.25 Å². The third kappa shape index (κ3) is 6.09. The van der Waals surface area contributed by atoms with Gasteiger partial charge in [-0.1, -0.05) is 31.7 Å². The summed E-state index contributed by atoms with van der Waals surface area (Å²) in [6, 6.07) is 0. The second-order valence-electron chi connectivity index (χ2n) is 1.54. The van der Waals surface area contributed by atoms with Gasteiger partial charge in [-0.05, 0) is 13.3 Å². The van der Waals surface area contributed by atoms with Crippen molar-refractivity contribution in [3.63, 3.8) is 0 Å². The fourth-order valence-electron chi connectivity index (χ4n) is 0.328. The molecule has 1 radical (unpaired) electrons. The van der Waals surface area contributed by atoms with Crippen LogP contribution in [0.15, 0.2) is 12.2 Å². The Balaban J connectivity index is 3.08. The first-order valence-corrected chi connectivity index (χ1v) is 3.07. The monoisotopic (exact) mass is 115 g/mol. The molecule has 0 saturated heterocycles. The molecule has 41 valence electrons. The van der Waals surface area contributed by atoms with Crippen molar-refractivity contribution in [1.82, 2.24) is 0 Å². The van der Waals surface area contributed by atoms with Crippen molar-refractivity contribution in [2.75, 3.05) is 0 Å². The summed E-state index contributed by atoms with van der Waals surface area (Å²) < 4.78 is 0. The van der Waals surface area contributed by atoms with Gasteiger partial charge in [0.1, 0.15) is 0 Å². The Morgan fingerprint density at radius 3 is 2.43 bits per heavy atom. The van der Waals surface area contributed by atoms with Crippen LogP contribution in [0.4, 0.5) is 0 Å². The molecule has 0 bridgehead atoms. The lowest BCUT2D eigenvalue weighted by atomic mass is 10.3. The molecular weight excluding hydrogens is 104 g/mol. The Labute approximate surface area is 51.0 Å². The molecule has 0 aromatic carbocycles. The maximum Gasteiger partial charge on any atom is 0.0303 e. The highest BCUT2D eigenvalue weighted by atomic mass is 32.1. The Bertz CT molecular complexity index is 55.2. The van der Waals surface area contributed by atoms with Crippen molar-refractivity contribution in [2.24, 2.45) is 0 Å². The molecule has 0 N–H and O–H groups in total. The SMILES string of the molecule is CC/C=C/C(C)[S]. The third-order valence-electron chi connectivity index (χ3n) is 0.643. The van der Waals surface area contributed by atoms with Crippen LogP contribution in [0, 0.1) is 0 Å². The highest BCUT2D eigenvalue weighted by Crippen LogP contribution is 1.93. The Hall–Kier alpha value is 0.0900. The molecule has 0 fully saturated rings. The van der Waals surface area contributed by atoms with E-state index in [9.17, 15) is 0 Å². The van der Waals surface area contributed by atoms with Crippen LogP contribution in [0.1, 0.15) is 20.3 Å². The molecule has 7 heavy (non-hydrogen) atoms. The average molecular weight is 115 g/mol. The molecule has 0 heterocycles. The van der Waals surface area contributed by atoms with Gasteiger partial charge in [-0.3, -0.25) is 0 Å². The van der Waals surface area contributed by atoms with E-state index in [1.807, 2.05) is 13.0 Å². The van der Waals surface area contributed by atoms with Crippen LogP contribution in [-0.2, 0) is 0 Å². The zero-order valence-electron chi connectivity index (χ0n) is 4.85. The summed E-state index contributed by atoms with van der Waals surface area (Å²) in [7, 11) is 0. The van der Waals surface area contributed by atoms with Gasteiger partial charge in [-0.15, -0.1) is 0 Å². The van der Waals surface area contributed by atoms with E-state index in [0.717, 1.165) is 6.42 Å². The van der Waals surface area contributed by atoms with Crippen LogP contribution in [0.3, 0.4) is 0 Å². The summed E-state index contributed by atoms with van der Waals surface area (Å²) >= 11 is 4.86. The maximum atomic E-state index is 4.86. The molecule has 0 saturated carbocycles. The van der Waals surface area contributed by atoms with Crippen molar-refractivity contribution >= 4 is 12.6 Å². The smallest absolute Gasteiger partial charge is 0.0303 e. The highest BCUT2D eigenvalue weighted by molar-refractivity contribution is 7.81. The molecule has 0 spiro atoms. The second kappa shape index (κ2) is 4.25. The van der Waals surface area contributed by atoms with E-state index in [4.69, 9.17) is 12.6 Å². The van der Waals surface area contributed by atoms with Gasteiger partial charge in [0.2, 0.25) is 0 Å². The van der Waals surface area contributed by atoms with Crippen LogP contribution in [0.25, 0.3) is 0 Å². The van der Waals surface area contributed by atoms with E-state index in [0.29, 0.717) is 5.25 Å². The lowest BCUT2D eigenvalue weighted by Gasteiger charge is -1.86. The minimum absolute atomic E-state index is 0.306. The van der Waals surface area contributed by atoms with Crippen molar-refractivity contribution in [1.29, 1.82) is 0 Å². The zero-order valence-corrected chi connectivity index (χ0v) is 5.66. The summed E-state index contributed by atoms with van der Waals surface area (Å²) in [4.78, 5) is 0. The van der Waals surface area contributed by atoms with Crippen LogP contribution in [0.2, 0.25) is 0 Å². The fraction of sp³-hybridized carbons (Fsp3) is 0.667. The van der Waals surface area contributed by atoms with E-state index in [-0.39, 0.29) is 0 Å². The van der Waals surface area contributed by atoms with Gasteiger partial charge in [0.25, 0.3) is 0 Å². The molecule has 0 rings (SSSR count). The summed E-state index contributed by atoms with van der Waals surface area (Å²) in [5, 5.41) is 0.306. The maximum absolute atomic E-state index is 4.86. The molecule has 1 atom stereocenters. The van der Waals surface area contributed by atoms with Crippen molar-refractivity contribution in [3.05, 3.63) is 12.2 Å². The van der Waals surface area contributed by atoms with E-state index in [1.165, 1.54) is 0 Å². The molecule has 0 aromatic rings. The minimum Gasteiger partial charge on any atom is -0.0877 e. The third-order valence-corrected chi connectivity index (χ3v) is 0.800. The quantitative estimate of drug-likeness (QED) is 0.485. The zero-order chi connectivity index (χ0) is 5.70. The number of hydrogen-bond donors (Lipinski definition) is 0. The lowest BCUT2D eigenvalue weighted by Crippen LogP contribution is -1.78. The van der Waals surface area contributed by atoms with Gasteiger partial charge in [0.15, 0.2) is 0 Å². The number of rotatable bonds is 2. The first-order chi connectivity index (χ1) is 3.27. The van der Waals surface area contributed by atoms with Crippen LogP contribution in [0.5, 0.6) is 0 Å². The van der Waals surface area contributed by atoms with E-state index < -0.39 is 0 Å². The van der Waals surface area contributed by atoms with Gasteiger partial charge < -0.3 is 0 Å². The first kappa shape index (κ1) is 7.09. The molecule has 0 aliphatic carbocycles. The fourth-order valence-corrected chi connectivity index (χ4v) is 0.439. The van der Waals surface area contributed by atoms with E-state index in [2.05, 4.69) is 13.0 Å². The Morgan fingerprint density at radius 2 is 2.29 bits per heavy atom. The standard InChI is InChI=1S/C6H11S/c1-3-4-5-6(2)7/h4-6H,3H2,1-2H3/b5-4+. The van der Waals surface area contributed by atoms with Crippen LogP contribution < -0.4 is 0 Å². The summed E-state index contributed by atoms with van der Waals surface area (Å²) in [5.74, 6) is 0. The Morgan fingerprint density at radius 1 is 1.71 bits per heavy atom. The molecule has 0 aliphatic rings. The van der Waals surface area contributed by atoms with Gasteiger partial charge in [-0.25, -0.2) is 0 Å². The Kier molecular flexibility index (Phi) is 4.31. The van der Waals surface area contributed by atoms with Gasteiger partial charge >= 0.3 is 0 Å². The first-order valence-electron chi connectivity index (χ1n) is 2.60. The van der Waals surface area contributed by atoms with Gasteiger partial charge in [0, 0.05) is 5.25 Å². The predicted octanol–water partition coefficient (Wildman–Crippen LogP) is 2.54. The normalized spacial score (nSPS) is 15.3. The van der Waals surface area contributed by atoms with Crippen molar-refractivity contribution < 1.29 is 0 Å². The van der Waals surface area contributed by atoms with Gasteiger partial charge in [0.05, 0.1) is 0 Å².